The van der Waals surface area contributed by atoms with Gasteiger partial charge in [0.1, 0.15) is 0 Å². The molecular weight excluding hydrogens is 298 g/mol. The molecule has 0 saturated carbocycles. The third-order valence-corrected chi connectivity index (χ3v) is 3.85. The lowest BCUT2D eigenvalue weighted by atomic mass is 9.98. The molecule has 2 aromatic rings. The molecule has 0 unspecified atom stereocenters. The molecule has 4 heteroatoms. The van der Waals surface area contributed by atoms with E-state index in [4.69, 9.17) is 15.3 Å². The van der Waals surface area contributed by atoms with Gasteiger partial charge in [0.25, 0.3) is 0 Å². The number of nitrogens with zero attached hydrogens (tertiary/aromatic N) is 2. The zero-order chi connectivity index (χ0) is 17.6. The summed E-state index contributed by atoms with van der Waals surface area (Å²) in [5.41, 5.74) is 4.81. The predicted molar refractivity (Wildman–Crippen MR) is 94.6 cm³/mol. The van der Waals surface area contributed by atoms with Crippen LogP contribution in [0.4, 0.5) is 5.69 Å². The van der Waals surface area contributed by atoms with Crippen molar-refractivity contribution in [2.75, 3.05) is 18.5 Å². The van der Waals surface area contributed by atoms with Crippen LogP contribution in [0.2, 0.25) is 0 Å². The van der Waals surface area contributed by atoms with Gasteiger partial charge in [0.2, 0.25) is 0 Å². The molecule has 3 rings (SSSR count). The summed E-state index contributed by atoms with van der Waals surface area (Å²) in [5.74, 6) is 0. The Labute approximate surface area is 143 Å². The largest absolute Gasteiger partial charge is 0.374 e. The fourth-order valence-electron chi connectivity index (χ4n) is 2.31. The molecule has 1 fully saturated rings. The second kappa shape index (κ2) is 7.64. The Morgan fingerprint density at radius 1 is 0.958 bits per heavy atom. The zero-order valence-electron chi connectivity index (χ0n) is 14.3. The van der Waals surface area contributed by atoms with Crippen LogP contribution in [0, 0.1) is 43.4 Å². The number of nitriles is 2. The molecule has 4 nitrogen and oxygen atoms in total. The minimum Gasteiger partial charge on any atom is -0.374 e. The van der Waals surface area contributed by atoms with Crippen molar-refractivity contribution in [3.8, 4) is 12.1 Å². The second-order valence-corrected chi connectivity index (χ2v) is 6.11. The molecule has 2 aromatic carbocycles. The maximum atomic E-state index is 9.05. The first-order valence-corrected chi connectivity index (χ1v) is 7.79. The summed E-state index contributed by atoms with van der Waals surface area (Å²) in [6, 6.07) is 18.0. The van der Waals surface area contributed by atoms with Crippen molar-refractivity contribution < 1.29 is 4.74 Å². The zero-order valence-corrected chi connectivity index (χ0v) is 14.3. The molecule has 0 aliphatic carbocycles. The van der Waals surface area contributed by atoms with Crippen LogP contribution in [0.1, 0.15) is 22.3 Å². The van der Waals surface area contributed by atoms with Crippen LogP contribution in [-0.2, 0) is 4.74 Å². The molecule has 0 spiro atoms. The van der Waals surface area contributed by atoms with E-state index in [1.807, 2.05) is 50.2 Å². The van der Waals surface area contributed by atoms with Gasteiger partial charge < -0.3 is 10.1 Å². The van der Waals surface area contributed by atoms with Crippen molar-refractivity contribution in [3.05, 3.63) is 64.7 Å². The highest BCUT2D eigenvalue weighted by Gasteiger charge is 2.39. The Hall–Kier alpha value is -2.82. The van der Waals surface area contributed by atoms with Crippen molar-refractivity contribution in [3.63, 3.8) is 0 Å². The fraction of sp³-hybridized carbons (Fsp3) is 0.300. The highest BCUT2D eigenvalue weighted by molar-refractivity contribution is 5.55. The number of hydrogen-bond acceptors (Lipinski definition) is 4. The van der Waals surface area contributed by atoms with Gasteiger partial charge in [-0.05, 0) is 44.5 Å². The maximum Gasteiger partial charge on any atom is 0.172 e. The van der Waals surface area contributed by atoms with Crippen LogP contribution in [0.25, 0.3) is 0 Å². The Morgan fingerprint density at radius 3 is 2.04 bits per heavy atom. The van der Waals surface area contributed by atoms with E-state index in [-0.39, 0.29) is 0 Å². The highest BCUT2D eigenvalue weighted by atomic mass is 16.5. The van der Waals surface area contributed by atoms with Gasteiger partial charge in [-0.25, -0.2) is 0 Å². The molecule has 24 heavy (non-hydrogen) atoms. The number of anilines is 1. The van der Waals surface area contributed by atoms with E-state index in [0.29, 0.717) is 13.2 Å². The normalized spacial score (nSPS) is 14.2. The summed E-state index contributed by atoms with van der Waals surface area (Å²) in [5, 5.41) is 20.7. The Kier molecular flexibility index (Phi) is 5.58. The van der Waals surface area contributed by atoms with E-state index in [2.05, 4.69) is 30.4 Å². The third kappa shape index (κ3) is 4.35. The number of aryl methyl sites for hydroxylation is 3. The lowest BCUT2D eigenvalue weighted by Crippen LogP contribution is -2.54. The Morgan fingerprint density at radius 2 is 1.58 bits per heavy atom. The summed E-state index contributed by atoms with van der Waals surface area (Å²) in [4.78, 5) is 0. The average Bonchev–Trinajstić information content (AvgIpc) is 2.54. The van der Waals surface area contributed by atoms with Gasteiger partial charge >= 0.3 is 0 Å². The molecule has 1 aliphatic heterocycles. The molecule has 1 aliphatic rings. The van der Waals surface area contributed by atoms with Crippen molar-refractivity contribution in [2.45, 2.75) is 26.3 Å². The van der Waals surface area contributed by atoms with Crippen LogP contribution in [0.3, 0.4) is 0 Å². The quantitative estimate of drug-likeness (QED) is 0.912. The van der Waals surface area contributed by atoms with Crippen molar-refractivity contribution in [1.29, 1.82) is 10.5 Å². The summed E-state index contributed by atoms with van der Waals surface area (Å²) in [6.07, 6.45) is 0. The monoisotopic (exact) mass is 319 g/mol. The third-order valence-electron chi connectivity index (χ3n) is 3.85. The van der Waals surface area contributed by atoms with E-state index in [0.717, 1.165) is 16.8 Å². The van der Waals surface area contributed by atoms with Crippen LogP contribution in [0.5, 0.6) is 0 Å². The van der Waals surface area contributed by atoms with Gasteiger partial charge in [0.15, 0.2) is 5.54 Å². The van der Waals surface area contributed by atoms with Gasteiger partial charge in [0.05, 0.1) is 30.9 Å². The van der Waals surface area contributed by atoms with Gasteiger partial charge in [-0.15, -0.1) is 0 Å². The molecule has 0 bridgehead atoms. The van der Waals surface area contributed by atoms with Crippen molar-refractivity contribution >= 4 is 5.69 Å². The number of nitrogens with one attached hydrogen (secondary N) is 1. The molecule has 0 aromatic heterocycles. The molecule has 1 saturated heterocycles. The second-order valence-electron chi connectivity index (χ2n) is 6.11. The molecule has 0 radical (unpaired) electrons. The van der Waals surface area contributed by atoms with E-state index >= 15 is 0 Å². The molecule has 122 valence electrons. The minimum absolute atomic E-state index is 0.469. The van der Waals surface area contributed by atoms with Crippen molar-refractivity contribution in [2.24, 2.45) is 0 Å². The van der Waals surface area contributed by atoms with Crippen LogP contribution in [-0.4, -0.2) is 18.8 Å². The highest BCUT2D eigenvalue weighted by Crippen LogP contribution is 2.25. The van der Waals surface area contributed by atoms with Crippen LogP contribution >= 0.6 is 0 Å². The Balaban J connectivity index is 0.000000198. The molecule has 0 amide bonds. The molecule has 1 heterocycles. The topological polar surface area (TPSA) is 68.8 Å². The van der Waals surface area contributed by atoms with Crippen LogP contribution < -0.4 is 5.32 Å². The SMILES string of the molecule is Cc1ccc(C#N)cc1.Cc1ccc(NC2(C#N)COC2)c(C)c1. The summed E-state index contributed by atoms with van der Waals surface area (Å²) in [6.45, 7) is 7.04. The summed E-state index contributed by atoms with van der Waals surface area (Å²) >= 11 is 0. The molecular formula is C20H21N3O. The first-order valence-electron chi connectivity index (χ1n) is 7.79. The molecule has 1 N–H and O–H groups in total. The van der Waals surface area contributed by atoms with Crippen molar-refractivity contribution in [1.82, 2.24) is 0 Å². The summed E-state index contributed by atoms with van der Waals surface area (Å²) < 4.78 is 5.08. The van der Waals surface area contributed by atoms with Gasteiger partial charge in [-0.1, -0.05) is 35.4 Å². The van der Waals surface area contributed by atoms with E-state index in [9.17, 15) is 0 Å². The lowest BCUT2D eigenvalue weighted by Gasteiger charge is -2.36. The van der Waals surface area contributed by atoms with E-state index < -0.39 is 5.54 Å². The minimum atomic E-state index is -0.514. The summed E-state index contributed by atoms with van der Waals surface area (Å²) in [7, 11) is 0. The van der Waals surface area contributed by atoms with E-state index in [1.54, 1.807) is 0 Å². The predicted octanol–water partition coefficient (Wildman–Crippen LogP) is 3.87. The average molecular weight is 319 g/mol. The first-order chi connectivity index (χ1) is 11.5. The van der Waals surface area contributed by atoms with Gasteiger partial charge in [0, 0.05) is 5.69 Å². The number of ether oxygens (including phenoxy) is 1. The fourth-order valence-corrected chi connectivity index (χ4v) is 2.31. The molecule has 0 atom stereocenters. The smallest absolute Gasteiger partial charge is 0.172 e. The van der Waals surface area contributed by atoms with Crippen LogP contribution in [0.15, 0.2) is 42.5 Å². The van der Waals surface area contributed by atoms with Gasteiger partial charge in [-0.3, -0.25) is 0 Å². The van der Waals surface area contributed by atoms with E-state index in [1.165, 1.54) is 11.1 Å². The standard InChI is InChI=1S/C12H14N2O.C8H7N/c1-9-3-4-11(10(2)5-9)14-12(6-13)7-15-8-12;1-7-2-4-8(6-9)5-3-7/h3-5,14H,7-8H2,1-2H3;2-5H,1H3. The Bertz CT molecular complexity index is 778. The first kappa shape index (κ1) is 17.5. The van der Waals surface area contributed by atoms with Gasteiger partial charge in [-0.2, -0.15) is 10.5 Å². The number of benzene rings is 2. The lowest BCUT2D eigenvalue weighted by molar-refractivity contribution is -0.0132. The number of rotatable bonds is 2. The maximum absolute atomic E-state index is 9.05. The number of hydrogen-bond donors (Lipinski definition) is 1.